The summed E-state index contributed by atoms with van der Waals surface area (Å²) in [7, 11) is 0. The minimum Gasteiger partial charge on any atom is -0.322 e. The molecule has 1 heterocycles. The molecule has 1 aromatic heterocycles. The van der Waals surface area contributed by atoms with E-state index in [1.807, 2.05) is 34.9 Å². The molecule has 3 aromatic rings. The highest BCUT2D eigenvalue weighted by atomic mass is 19.4. The number of hydrogen-bond donors (Lipinski definition) is 1. The number of aromatic nitrogens is 1. The summed E-state index contributed by atoms with van der Waals surface area (Å²) in [6.45, 7) is 0.682. The zero-order valence-electron chi connectivity index (χ0n) is 13.7. The first kappa shape index (κ1) is 17.7. The highest BCUT2D eigenvalue weighted by Gasteiger charge is 2.30. The number of carbonyl (C=O) groups is 1. The Morgan fingerprint density at radius 1 is 0.885 bits per heavy atom. The Morgan fingerprint density at radius 2 is 1.50 bits per heavy atom. The van der Waals surface area contributed by atoms with Crippen molar-refractivity contribution < 1.29 is 22.5 Å². The van der Waals surface area contributed by atoms with Gasteiger partial charge < -0.3 is 5.32 Å². The third-order valence-corrected chi connectivity index (χ3v) is 3.83. The lowest BCUT2D eigenvalue weighted by Gasteiger charge is -2.08. The molecule has 0 spiro atoms. The molecule has 1 amide bonds. The summed E-state index contributed by atoms with van der Waals surface area (Å²) in [4.78, 5) is 12.2. The van der Waals surface area contributed by atoms with Crippen LogP contribution in [0.2, 0.25) is 0 Å². The highest BCUT2D eigenvalue weighted by molar-refractivity contribution is 6.04. The molecule has 1 N–H and O–H groups in total. The molecule has 0 unspecified atom stereocenters. The minimum atomic E-state index is -4.39. The quantitative estimate of drug-likeness (QED) is 0.694. The van der Waals surface area contributed by atoms with Crippen molar-refractivity contribution >= 4 is 11.6 Å². The average Bonchev–Trinajstić information content (AvgIpc) is 2.63. The Kier molecular flexibility index (Phi) is 5.02. The van der Waals surface area contributed by atoms with Crippen LogP contribution in [0.25, 0.3) is 0 Å². The van der Waals surface area contributed by atoms with Gasteiger partial charge in [0.1, 0.15) is 0 Å². The molecular formula is C20H16F3N2O+. The molecule has 3 rings (SSSR count). The van der Waals surface area contributed by atoms with E-state index >= 15 is 0 Å². The summed E-state index contributed by atoms with van der Waals surface area (Å²) in [5.74, 6) is -0.378. The number of alkyl halides is 3. The van der Waals surface area contributed by atoms with Gasteiger partial charge in [-0.15, -0.1) is 0 Å². The number of pyridine rings is 1. The molecule has 2 aromatic carbocycles. The summed E-state index contributed by atoms with van der Waals surface area (Å²) in [6.07, 6.45) is -0.822. The van der Waals surface area contributed by atoms with Crippen molar-refractivity contribution in [2.24, 2.45) is 0 Å². The number of carbonyl (C=O) groups excluding carboxylic acids is 1. The van der Waals surface area contributed by atoms with E-state index in [0.717, 1.165) is 17.7 Å². The molecule has 3 nitrogen and oxygen atoms in total. The molecule has 0 fully saturated rings. The van der Waals surface area contributed by atoms with E-state index in [4.69, 9.17) is 0 Å². The monoisotopic (exact) mass is 357 g/mol. The van der Waals surface area contributed by atoms with Gasteiger partial charge in [0.15, 0.2) is 18.9 Å². The summed E-state index contributed by atoms with van der Waals surface area (Å²) in [6, 6.07) is 17.6. The van der Waals surface area contributed by atoms with E-state index in [2.05, 4.69) is 5.32 Å². The van der Waals surface area contributed by atoms with E-state index < -0.39 is 11.7 Å². The summed E-state index contributed by atoms with van der Waals surface area (Å²) in [5.41, 5.74) is 1.12. The van der Waals surface area contributed by atoms with Gasteiger partial charge in [-0.05, 0) is 24.3 Å². The van der Waals surface area contributed by atoms with Crippen LogP contribution in [-0.4, -0.2) is 5.91 Å². The lowest BCUT2D eigenvalue weighted by molar-refractivity contribution is -0.688. The van der Waals surface area contributed by atoms with Gasteiger partial charge >= 0.3 is 6.18 Å². The highest BCUT2D eigenvalue weighted by Crippen LogP contribution is 2.29. The molecule has 6 heteroatoms. The van der Waals surface area contributed by atoms with Crippen molar-refractivity contribution in [1.29, 1.82) is 0 Å². The van der Waals surface area contributed by atoms with Crippen molar-refractivity contribution in [3.8, 4) is 0 Å². The first-order chi connectivity index (χ1) is 12.4. The van der Waals surface area contributed by atoms with Crippen LogP contribution in [0.15, 0.2) is 79.1 Å². The molecule has 26 heavy (non-hydrogen) atoms. The number of anilines is 1. The Hall–Kier alpha value is -3.15. The second-order valence-electron chi connectivity index (χ2n) is 5.77. The summed E-state index contributed by atoms with van der Waals surface area (Å²) in [5, 5.41) is 2.59. The molecule has 0 bridgehead atoms. The topological polar surface area (TPSA) is 33.0 Å². The number of hydrogen-bond acceptors (Lipinski definition) is 1. The van der Waals surface area contributed by atoms with Gasteiger partial charge in [-0.25, -0.2) is 4.57 Å². The van der Waals surface area contributed by atoms with Crippen LogP contribution in [0.4, 0.5) is 18.9 Å². The SMILES string of the molecule is O=C(Nc1ccc(C(F)(F)F)cc1)c1cc[n+](Cc2ccccc2)cc1. The molecule has 132 valence electrons. The van der Waals surface area contributed by atoms with Crippen LogP contribution in [0.5, 0.6) is 0 Å². The van der Waals surface area contributed by atoms with Gasteiger partial charge in [-0.2, -0.15) is 13.2 Å². The summed E-state index contributed by atoms with van der Waals surface area (Å²) >= 11 is 0. The Bertz CT molecular complexity index is 874. The largest absolute Gasteiger partial charge is 0.416 e. The van der Waals surface area contributed by atoms with E-state index in [9.17, 15) is 18.0 Å². The van der Waals surface area contributed by atoms with Gasteiger partial charge in [0.25, 0.3) is 5.91 Å². The average molecular weight is 357 g/mol. The normalized spacial score (nSPS) is 11.2. The Labute approximate surface area is 148 Å². The first-order valence-electron chi connectivity index (χ1n) is 7.93. The second-order valence-corrected chi connectivity index (χ2v) is 5.77. The van der Waals surface area contributed by atoms with Crippen molar-refractivity contribution in [2.45, 2.75) is 12.7 Å². The van der Waals surface area contributed by atoms with Crippen LogP contribution in [0.1, 0.15) is 21.5 Å². The Balaban J connectivity index is 1.64. The smallest absolute Gasteiger partial charge is 0.322 e. The number of amides is 1. The van der Waals surface area contributed by atoms with Gasteiger partial charge in [-0.1, -0.05) is 30.3 Å². The fraction of sp³-hybridized carbons (Fsp3) is 0.100. The van der Waals surface area contributed by atoms with Crippen molar-refractivity contribution in [3.05, 3.63) is 95.8 Å². The summed E-state index contributed by atoms with van der Waals surface area (Å²) < 4.78 is 39.6. The Morgan fingerprint density at radius 3 is 2.08 bits per heavy atom. The zero-order chi connectivity index (χ0) is 18.6. The molecule has 0 aliphatic carbocycles. The number of benzene rings is 2. The molecule has 0 saturated carbocycles. The van der Waals surface area contributed by atoms with E-state index in [-0.39, 0.29) is 5.91 Å². The predicted octanol–water partition coefficient (Wildman–Crippen LogP) is 4.29. The molecule has 0 saturated heterocycles. The lowest BCUT2D eigenvalue weighted by Crippen LogP contribution is -2.33. The molecular weight excluding hydrogens is 341 g/mol. The van der Waals surface area contributed by atoms with Gasteiger partial charge in [0.2, 0.25) is 0 Å². The van der Waals surface area contributed by atoms with Crippen molar-refractivity contribution in [2.75, 3.05) is 5.32 Å². The lowest BCUT2D eigenvalue weighted by atomic mass is 10.2. The van der Waals surface area contributed by atoms with E-state index in [1.54, 1.807) is 24.5 Å². The van der Waals surface area contributed by atoms with E-state index in [1.165, 1.54) is 12.1 Å². The fourth-order valence-corrected chi connectivity index (χ4v) is 2.45. The number of nitrogens with zero attached hydrogens (tertiary/aromatic N) is 1. The number of nitrogens with one attached hydrogen (secondary N) is 1. The van der Waals surface area contributed by atoms with Gasteiger partial charge in [-0.3, -0.25) is 4.79 Å². The van der Waals surface area contributed by atoms with Crippen molar-refractivity contribution in [3.63, 3.8) is 0 Å². The maximum Gasteiger partial charge on any atom is 0.416 e. The maximum atomic E-state index is 12.6. The van der Waals surface area contributed by atoms with Crippen LogP contribution < -0.4 is 9.88 Å². The maximum absolute atomic E-state index is 12.6. The minimum absolute atomic E-state index is 0.309. The van der Waals surface area contributed by atoms with Crippen LogP contribution >= 0.6 is 0 Å². The second kappa shape index (κ2) is 7.39. The molecule has 0 aliphatic rings. The number of halogens is 3. The fourth-order valence-electron chi connectivity index (χ4n) is 2.45. The number of rotatable bonds is 4. The molecule has 0 atom stereocenters. The van der Waals surface area contributed by atoms with Crippen molar-refractivity contribution in [1.82, 2.24) is 0 Å². The predicted molar refractivity (Wildman–Crippen MR) is 91.6 cm³/mol. The first-order valence-corrected chi connectivity index (χ1v) is 7.93. The third kappa shape index (κ3) is 4.47. The van der Waals surface area contributed by atoms with Crippen LogP contribution in [0.3, 0.4) is 0 Å². The van der Waals surface area contributed by atoms with E-state index in [0.29, 0.717) is 17.8 Å². The molecule has 0 aliphatic heterocycles. The van der Waals surface area contributed by atoms with Gasteiger partial charge in [0, 0.05) is 23.4 Å². The van der Waals surface area contributed by atoms with Gasteiger partial charge in [0.05, 0.1) is 11.1 Å². The van der Waals surface area contributed by atoms with Crippen LogP contribution in [0, 0.1) is 0 Å². The third-order valence-electron chi connectivity index (χ3n) is 3.83. The van der Waals surface area contributed by atoms with Crippen LogP contribution in [-0.2, 0) is 12.7 Å². The standard InChI is InChI=1S/C20H15F3N2O/c21-20(22,23)17-6-8-18(9-7-17)24-19(26)16-10-12-25(13-11-16)14-15-4-2-1-3-5-15/h1-13H,14H2/p+1. The zero-order valence-corrected chi connectivity index (χ0v) is 13.7. The molecule has 0 radical (unpaired) electrons.